The summed E-state index contributed by atoms with van der Waals surface area (Å²) in [5.41, 5.74) is 0. The number of hydrogen-bond acceptors (Lipinski definition) is 5. The average Bonchev–Trinajstić information content (AvgIpc) is 3.21. The van der Waals surface area contributed by atoms with Gasteiger partial charge in [0.25, 0.3) is 5.91 Å². The van der Waals surface area contributed by atoms with Crippen molar-refractivity contribution in [3.8, 4) is 0 Å². The molecule has 0 aromatic heterocycles. The number of nitrogens with zero attached hydrogens (tertiary/aromatic N) is 2. The van der Waals surface area contributed by atoms with Gasteiger partial charge in [-0.1, -0.05) is 18.2 Å². The van der Waals surface area contributed by atoms with Crippen LogP contribution >= 0.6 is 11.8 Å². The molecule has 3 rings (SSSR count). The lowest BCUT2D eigenvalue weighted by molar-refractivity contribution is -0.142. The van der Waals surface area contributed by atoms with Crippen molar-refractivity contribution in [3.63, 3.8) is 0 Å². The van der Waals surface area contributed by atoms with Crippen LogP contribution in [0.3, 0.4) is 0 Å². The molecule has 2 amide bonds. The lowest BCUT2D eigenvalue weighted by Crippen LogP contribution is -2.53. The standard InChI is InChI=1S/C19H27N3O3S/c23-18(20-8-14-26-16-5-2-1-3-6-16)15-21-9-11-22(12-10-21)19(24)17-7-4-13-25-17/h1-3,5-6,17H,4,7-15H2,(H,20,23). The maximum absolute atomic E-state index is 12.3. The molecule has 6 nitrogen and oxygen atoms in total. The molecule has 1 aromatic carbocycles. The summed E-state index contributed by atoms with van der Waals surface area (Å²) in [6.45, 7) is 4.59. The number of amides is 2. The van der Waals surface area contributed by atoms with Gasteiger partial charge in [-0.25, -0.2) is 0 Å². The van der Waals surface area contributed by atoms with E-state index < -0.39 is 0 Å². The summed E-state index contributed by atoms with van der Waals surface area (Å²) in [5.74, 6) is 1.03. The fourth-order valence-electron chi connectivity index (χ4n) is 3.24. The van der Waals surface area contributed by atoms with Crippen LogP contribution in [0, 0.1) is 0 Å². The third-order valence-electron chi connectivity index (χ3n) is 4.69. The number of thioether (sulfide) groups is 1. The number of hydrogen-bond donors (Lipinski definition) is 1. The average molecular weight is 378 g/mol. The molecule has 0 aliphatic carbocycles. The summed E-state index contributed by atoms with van der Waals surface area (Å²) in [5, 5.41) is 2.98. The molecule has 1 N–H and O–H groups in total. The molecule has 7 heteroatoms. The van der Waals surface area contributed by atoms with Gasteiger partial charge in [0.05, 0.1) is 6.54 Å². The van der Waals surface area contributed by atoms with Crippen LogP contribution in [0.15, 0.2) is 35.2 Å². The van der Waals surface area contributed by atoms with Gasteiger partial charge in [-0.2, -0.15) is 0 Å². The summed E-state index contributed by atoms with van der Waals surface area (Å²) in [4.78, 5) is 29.6. The van der Waals surface area contributed by atoms with Crippen molar-refractivity contribution >= 4 is 23.6 Å². The molecule has 2 saturated heterocycles. The SMILES string of the molecule is O=C(CN1CCN(C(=O)C2CCCO2)CC1)NCCSc1ccccc1. The highest BCUT2D eigenvalue weighted by Gasteiger charge is 2.30. The Morgan fingerprint density at radius 1 is 1.15 bits per heavy atom. The van der Waals surface area contributed by atoms with E-state index in [0.29, 0.717) is 32.8 Å². The monoisotopic (exact) mass is 377 g/mol. The van der Waals surface area contributed by atoms with Crippen molar-refractivity contribution in [3.05, 3.63) is 30.3 Å². The Labute approximate surface area is 159 Å². The van der Waals surface area contributed by atoms with Crippen molar-refractivity contribution < 1.29 is 14.3 Å². The van der Waals surface area contributed by atoms with Gasteiger partial charge in [0.15, 0.2) is 0 Å². The maximum Gasteiger partial charge on any atom is 0.251 e. The first-order valence-electron chi connectivity index (χ1n) is 9.29. The molecule has 1 atom stereocenters. The first kappa shape index (κ1) is 19.2. The van der Waals surface area contributed by atoms with Gasteiger partial charge in [-0.15, -0.1) is 11.8 Å². The largest absolute Gasteiger partial charge is 0.368 e. The van der Waals surface area contributed by atoms with Crippen molar-refractivity contribution in [1.29, 1.82) is 0 Å². The van der Waals surface area contributed by atoms with Crippen LogP contribution in [-0.2, 0) is 14.3 Å². The zero-order chi connectivity index (χ0) is 18.2. The molecule has 1 unspecified atom stereocenters. The van der Waals surface area contributed by atoms with E-state index in [1.54, 1.807) is 11.8 Å². The van der Waals surface area contributed by atoms with E-state index in [1.165, 1.54) is 4.90 Å². The molecule has 0 radical (unpaired) electrons. The molecule has 2 aliphatic rings. The van der Waals surface area contributed by atoms with Crippen LogP contribution in [0.5, 0.6) is 0 Å². The van der Waals surface area contributed by atoms with E-state index in [4.69, 9.17) is 4.74 Å². The number of carbonyl (C=O) groups excluding carboxylic acids is 2. The summed E-state index contributed by atoms with van der Waals surface area (Å²) < 4.78 is 5.48. The van der Waals surface area contributed by atoms with E-state index in [0.717, 1.165) is 31.7 Å². The van der Waals surface area contributed by atoms with Gasteiger partial charge >= 0.3 is 0 Å². The summed E-state index contributed by atoms with van der Waals surface area (Å²) >= 11 is 1.74. The Hall–Kier alpha value is -1.57. The maximum atomic E-state index is 12.3. The fourth-order valence-corrected chi connectivity index (χ4v) is 4.03. The Kier molecular flexibility index (Phi) is 7.34. The Balaban J connectivity index is 1.29. The number of piperazine rings is 1. The first-order valence-corrected chi connectivity index (χ1v) is 10.3. The van der Waals surface area contributed by atoms with Gasteiger partial charge in [-0.05, 0) is 25.0 Å². The molecular weight excluding hydrogens is 350 g/mol. The fraction of sp³-hybridized carbons (Fsp3) is 0.579. The van der Waals surface area contributed by atoms with Gasteiger partial charge in [0.2, 0.25) is 5.91 Å². The molecule has 1 aromatic rings. The van der Waals surface area contributed by atoms with Gasteiger partial charge in [-0.3, -0.25) is 14.5 Å². The topological polar surface area (TPSA) is 61.9 Å². The number of ether oxygens (including phenoxy) is 1. The van der Waals surface area contributed by atoms with E-state index in [-0.39, 0.29) is 17.9 Å². The highest BCUT2D eigenvalue weighted by Crippen LogP contribution is 2.16. The molecular formula is C19H27N3O3S. The lowest BCUT2D eigenvalue weighted by Gasteiger charge is -2.35. The second-order valence-corrected chi connectivity index (χ2v) is 7.78. The first-order chi connectivity index (χ1) is 12.7. The lowest BCUT2D eigenvalue weighted by atomic mass is 10.2. The normalized spacial score (nSPS) is 20.9. The number of carbonyl (C=O) groups is 2. The quantitative estimate of drug-likeness (QED) is 0.572. The van der Waals surface area contributed by atoms with E-state index in [2.05, 4.69) is 22.3 Å². The highest BCUT2D eigenvalue weighted by atomic mass is 32.2. The Morgan fingerprint density at radius 3 is 2.62 bits per heavy atom. The van der Waals surface area contributed by atoms with Crippen LogP contribution in [0.4, 0.5) is 0 Å². The van der Waals surface area contributed by atoms with E-state index in [9.17, 15) is 9.59 Å². The third kappa shape index (κ3) is 5.72. The minimum absolute atomic E-state index is 0.0533. The number of rotatable bonds is 7. The zero-order valence-electron chi connectivity index (χ0n) is 15.1. The van der Waals surface area contributed by atoms with Crippen LogP contribution in [0.25, 0.3) is 0 Å². The Morgan fingerprint density at radius 2 is 1.92 bits per heavy atom. The van der Waals surface area contributed by atoms with Crippen LogP contribution in [0.1, 0.15) is 12.8 Å². The molecule has 0 spiro atoms. The van der Waals surface area contributed by atoms with Crippen LogP contribution in [0.2, 0.25) is 0 Å². The summed E-state index contributed by atoms with van der Waals surface area (Å²) in [7, 11) is 0. The Bertz CT molecular complexity index is 585. The second kappa shape index (κ2) is 9.94. The van der Waals surface area contributed by atoms with Crippen molar-refractivity contribution in [1.82, 2.24) is 15.1 Å². The molecule has 2 aliphatic heterocycles. The highest BCUT2D eigenvalue weighted by molar-refractivity contribution is 7.99. The summed E-state index contributed by atoms with van der Waals surface area (Å²) in [6.07, 6.45) is 1.56. The molecule has 26 heavy (non-hydrogen) atoms. The van der Waals surface area contributed by atoms with E-state index >= 15 is 0 Å². The van der Waals surface area contributed by atoms with E-state index in [1.807, 2.05) is 23.1 Å². The van der Waals surface area contributed by atoms with Crippen LogP contribution in [-0.4, -0.2) is 79.3 Å². The molecule has 2 fully saturated rings. The minimum Gasteiger partial charge on any atom is -0.368 e. The molecule has 0 saturated carbocycles. The molecule has 0 bridgehead atoms. The zero-order valence-corrected chi connectivity index (χ0v) is 15.9. The predicted molar refractivity (Wildman–Crippen MR) is 102 cm³/mol. The smallest absolute Gasteiger partial charge is 0.251 e. The van der Waals surface area contributed by atoms with Gasteiger partial charge in [0, 0.05) is 50.0 Å². The third-order valence-corrected chi connectivity index (χ3v) is 5.71. The van der Waals surface area contributed by atoms with Crippen molar-refractivity contribution in [2.45, 2.75) is 23.8 Å². The summed E-state index contributed by atoms with van der Waals surface area (Å²) in [6, 6.07) is 10.2. The number of nitrogens with one attached hydrogen (secondary N) is 1. The molecule has 142 valence electrons. The van der Waals surface area contributed by atoms with Crippen molar-refractivity contribution in [2.24, 2.45) is 0 Å². The number of benzene rings is 1. The van der Waals surface area contributed by atoms with Crippen molar-refractivity contribution in [2.75, 3.05) is 51.6 Å². The second-order valence-electron chi connectivity index (χ2n) is 6.61. The van der Waals surface area contributed by atoms with Gasteiger partial charge in [0.1, 0.15) is 6.10 Å². The minimum atomic E-state index is -0.244. The van der Waals surface area contributed by atoms with Crippen LogP contribution < -0.4 is 5.32 Å². The molecule has 2 heterocycles. The van der Waals surface area contributed by atoms with Gasteiger partial charge < -0.3 is 15.0 Å². The predicted octanol–water partition coefficient (Wildman–Crippen LogP) is 1.22.